The van der Waals surface area contributed by atoms with Crippen LogP contribution >= 0.6 is 38.9 Å². The number of amides is 1. The van der Waals surface area contributed by atoms with Gasteiger partial charge in [0.2, 0.25) is 0 Å². The molecular weight excluding hydrogens is 580 g/mol. The van der Waals surface area contributed by atoms with Crippen molar-refractivity contribution in [2.24, 2.45) is 10.9 Å². The van der Waals surface area contributed by atoms with E-state index in [4.69, 9.17) is 21.3 Å². The second kappa shape index (κ2) is 11.9. The molecule has 194 valence electrons. The lowest BCUT2D eigenvalue weighted by Gasteiger charge is -2.18. The topological polar surface area (TPSA) is 50.7 Å². The Balaban J connectivity index is 1.47. The van der Waals surface area contributed by atoms with Crippen LogP contribution in [0, 0.1) is 12.8 Å². The van der Waals surface area contributed by atoms with Crippen LogP contribution in [-0.4, -0.2) is 12.1 Å². The molecule has 1 aliphatic carbocycles. The van der Waals surface area contributed by atoms with Gasteiger partial charge < -0.3 is 10.1 Å². The van der Waals surface area contributed by atoms with Crippen LogP contribution in [-0.2, 0) is 19.4 Å². The highest BCUT2D eigenvalue weighted by Crippen LogP contribution is 2.42. The van der Waals surface area contributed by atoms with Gasteiger partial charge in [-0.25, -0.2) is 4.99 Å². The van der Waals surface area contributed by atoms with Gasteiger partial charge in [0.05, 0.1) is 5.56 Å². The van der Waals surface area contributed by atoms with Crippen molar-refractivity contribution in [1.82, 2.24) is 0 Å². The molecule has 0 saturated carbocycles. The van der Waals surface area contributed by atoms with Crippen molar-refractivity contribution in [2.45, 2.75) is 39.7 Å². The fourth-order valence-electron chi connectivity index (χ4n) is 4.61. The van der Waals surface area contributed by atoms with E-state index >= 15 is 0 Å². The van der Waals surface area contributed by atoms with E-state index in [1.54, 1.807) is 17.6 Å². The molecule has 0 saturated heterocycles. The van der Waals surface area contributed by atoms with Gasteiger partial charge in [-0.3, -0.25) is 4.79 Å². The summed E-state index contributed by atoms with van der Waals surface area (Å²) in [5, 5.41) is 4.52. The summed E-state index contributed by atoms with van der Waals surface area (Å²) in [5.74, 6) is 1.18. The van der Waals surface area contributed by atoms with Crippen molar-refractivity contribution in [3.8, 4) is 5.75 Å². The van der Waals surface area contributed by atoms with E-state index in [1.807, 2.05) is 73.7 Å². The van der Waals surface area contributed by atoms with Crippen LogP contribution in [0.5, 0.6) is 5.75 Å². The van der Waals surface area contributed by atoms with Crippen LogP contribution in [0.15, 0.2) is 76.2 Å². The van der Waals surface area contributed by atoms with Crippen LogP contribution in [0.25, 0.3) is 0 Å². The zero-order valence-electron chi connectivity index (χ0n) is 21.3. The van der Waals surface area contributed by atoms with Gasteiger partial charge in [-0.2, -0.15) is 0 Å². The summed E-state index contributed by atoms with van der Waals surface area (Å²) in [7, 11) is 0. The summed E-state index contributed by atoms with van der Waals surface area (Å²) in [6, 6.07) is 21.3. The third kappa shape index (κ3) is 6.04. The molecule has 1 atom stereocenters. The molecule has 0 fully saturated rings. The standard InChI is InChI=1S/C31H28BrClN2O2S/c1-19-11-13-24-28(15-19)38-31(29(24)30(36)35-26-10-6-3-7-20(26)2)34-17-22-16-23(32)12-14-27(22)37-18-21-8-4-5-9-25(21)33/h3-10,12,14,16-17,19H,11,13,15,18H2,1-2H3,(H,35,36). The zero-order valence-corrected chi connectivity index (χ0v) is 24.4. The first kappa shape index (κ1) is 26.7. The summed E-state index contributed by atoms with van der Waals surface area (Å²) >= 11 is 11.5. The SMILES string of the molecule is Cc1ccccc1NC(=O)c1c(N=Cc2cc(Br)ccc2OCc2ccccc2Cl)sc2c1CCC(C)C2. The summed E-state index contributed by atoms with van der Waals surface area (Å²) in [4.78, 5) is 19.7. The Morgan fingerprint density at radius 2 is 1.97 bits per heavy atom. The average Bonchev–Trinajstić information content (AvgIpc) is 3.26. The number of carbonyl (C=O) groups excluding carboxylic acids is 1. The van der Waals surface area contributed by atoms with Crippen LogP contribution in [0.2, 0.25) is 5.02 Å². The maximum absolute atomic E-state index is 13.6. The van der Waals surface area contributed by atoms with Crippen LogP contribution < -0.4 is 10.1 Å². The number of carbonyl (C=O) groups is 1. The van der Waals surface area contributed by atoms with Crippen LogP contribution in [0.4, 0.5) is 10.7 Å². The number of thiophene rings is 1. The number of anilines is 1. The highest BCUT2D eigenvalue weighted by molar-refractivity contribution is 9.10. The molecule has 4 aromatic rings. The number of aliphatic imine (C=N–C) groups is 1. The molecule has 0 spiro atoms. The predicted octanol–water partition coefficient (Wildman–Crippen LogP) is 9.18. The highest BCUT2D eigenvalue weighted by Gasteiger charge is 2.27. The van der Waals surface area contributed by atoms with Gasteiger partial charge in [0.1, 0.15) is 17.4 Å². The fraction of sp³-hybridized carbons (Fsp3) is 0.226. The van der Waals surface area contributed by atoms with E-state index in [-0.39, 0.29) is 5.91 Å². The monoisotopic (exact) mass is 606 g/mol. The van der Waals surface area contributed by atoms with E-state index in [0.29, 0.717) is 28.9 Å². The maximum atomic E-state index is 13.6. The molecule has 0 bridgehead atoms. The molecule has 0 aliphatic heterocycles. The molecule has 38 heavy (non-hydrogen) atoms. The van der Waals surface area contributed by atoms with Gasteiger partial charge >= 0.3 is 0 Å². The van der Waals surface area contributed by atoms with E-state index in [2.05, 4.69) is 28.2 Å². The first-order chi connectivity index (χ1) is 18.4. The lowest BCUT2D eigenvalue weighted by Crippen LogP contribution is -2.17. The van der Waals surface area contributed by atoms with Crippen molar-refractivity contribution in [3.05, 3.63) is 109 Å². The molecule has 1 aliphatic rings. The molecule has 5 rings (SSSR count). The lowest BCUT2D eigenvalue weighted by atomic mass is 9.88. The van der Waals surface area contributed by atoms with Gasteiger partial charge in [0.15, 0.2) is 0 Å². The predicted molar refractivity (Wildman–Crippen MR) is 162 cm³/mol. The number of hydrogen-bond acceptors (Lipinski definition) is 4. The Bertz CT molecular complexity index is 1510. The highest BCUT2D eigenvalue weighted by atomic mass is 79.9. The quantitative estimate of drug-likeness (QED) is 0.213. The number of hydrogen-bond donors (Lipinski definition) is 1. The van der Waals surface area contributed by atoms with Crippen LogP contribution in [0.3, 0.4) is 0 Å². The third-order valence-corrected chi connectivity index (χ3v) is 8.77. The van der Waals surface area contributed by atoms with E-state index < -0.39 is 0 Å². The molecule has 1 N–H and O–H groups in total. The van der Waals surface area contributed by atoms with Crippen LogP contribution in [0.1, 0.15) is 50.8 Å². The number of ether oxygens (including phenoxy) is 1. The van der Waals surface area contributed by atoms with Gasteiger partial charge in [-0.15, -0.1) is 11.3 Å². The van der Waals surface area contributed by atoms with Gasteiger partial charge in [-0.1, -0.05) is 70.9 Å². The van der Waals surface area contributed by atoms with Crippen molar-refractivity contribution in [3.63, 3.8) is 0 Å². The Hall–Kier alpha value is -2.93. The molecule has 4 nitrogen and oxygen atoms in total. The first-order valence-electron chi connectivity index (χ1n) is 12.6. The van der Waals surface area contributed by atoms with Crippen molar-refractivity contribution in [1.29, 1.82) is 0 Å². The second-order valence-electron chi connectivity index (χ2n) is 9.62. The van der Waals surface area contributed by atoms with Crippen molar-refractivity contribution in [2.75, 3.05) is 5.32 Å². The number of benzene rings is 3. The molecule has 7 heteroatoms. The van der Waals surface area contributed by atoms with E-state index in [9.17, 15) is 4.79 Å². The first-order valence-corrected chi connectivity index (χ1v) is 14.6. The molecule has 1 amide bonds. The number of aryl methyl sites for hydroxylation is 1. The summed E-state index contributed by atoms with van der Waals surface area (Å²) < 4.78 is 7.06. The number of rotatable bonds is 7. The normalized spacial score (nSPS) is 14.9. The Morgan fingerprint density at radius 1 is 1.18 bits per heavy atom. The number of halogens is 2. The second-order valence-corrected chi connectivity index (χ2v) is 12.0. The largest absolute Gasteiger partial charge is 0.488 e. The van der Waals surface area contributed by atoms with E-state index in [1.165, 1.54) is 4.88 Å². The molecule has 1 aromatic heterocycles. The number of para-hydroxylation sites is 1. The zero-order chi connectivity index (χ0) is 26.6. The minimum atomic E-state index is -0.108. The average molecular weight is 608 g/mol. The smallest absolute Gasteiger partial charge is 0.259 e. The molecule has 1 unspecified atom stereocenters. The lowest BCUT2D eigenvalue weighted by molar-refractivity contribution is 0.102. The minimum absolute atomic E-state index is 0.108. The minimum Gasteiger partial charge on any atom is -0.488 e. The number of fused-ring (bicyclic) bond motifs is 1. The Morgan fingerprint density at radius 3 is 2.79 bits per heavy atom. The third-order valence-electron chi connectivity index (χ3n) is 6.75. The van der Waals surface area contributed by atoms with E-state index in [0.717, 1.165) is 56.7 Å². The Labute approximate surface area is 240 Å². The number of nitrogens with one attached hydrogen (secondary N) is 1. The van der Waals surface area contributed by atoms with Gasteiger partial charge in [0.25, 0.3) is 5.91 Å². The van der Waals surface area contributed by atoms with Crippen molar-refractivity contribution < 1.29 is 9.53 Å². The molecule has 1 heterocycles. The maximum Gasteiger partial charge on any atom is 0.259 e. The summed E-state index contributed by atoms with van der Waals surface area (Å²) in [6.45, 7) is 4.61. The van der Waals surface area contributed by atoms with Gasteiger partial charge in [0, 0.05) is 37.4 Å². The summed E-state index contributed by atoms with van der Waals surface area (Å²) in [5.41, 5.74) is 5.39. The summed E-state index contributed by atoms with van der Waals surface area (Å²) in [6.07, 6.45) is 4.73. The molecule has 3 aromatic carbocycles. The van der Waals surface area contributed by atoms with Crippen molar-refractivity contribution >= 4 is 61.7 Å². The fourth-order valence-corrected chi connectivity index (χ4v) is 6.53. The molecular formula is C31H28BrClN2O2S. The number of nitrogens with zero attached hydrogens (tertiary/aromatic N) is 1. The van der Waals surface area contributed by atoms with Gasteiger partial charge in [-0.05, 0) is 73.6 Å². The molecule has 0 radical (unpaired) electrons. The Kier molecular flexibility index (Phi) is 8.32.